The minimum atomic E-state index is -0.447. The van der Waals surface area contributed by atoms with Gasteiger partial charge >= 0.3 is 0 Å². The van der Waals surface area contributed by atoms with Gasteiger partial charge in [-0.05, 0) is 30.2 Å². The highest BCUT2D eigenvalue weighted by molar-refractivity contribution is 8.01. The Morgan fingerprint density at radius 2 is 1.96 bits per heavy atom. The quantitative estimate of drug-likeness (QED) is 0.528. The lowest BCUT2D eigenvalue weighted by atomic mass is 10.2. The molecule has 0 aliphatic rings. The monoisotopic (exact) mass is 359 g/mol. The second kappa shape index (κ2) is 8.03. The highest BCUT2D eigenvalue weighted by Crippen LogP contribution is 2.26. The number of thioether (sulfide) groups is 1. The Bertz CT molecular complexity index is 823. The molecule has 3 aromatic rings. The number of amides is 1. The van der Waals surface area contributed by atoms with Gasteiger partial charge in [-0.1, -0.05) is 59.5 Å². The summed E-state index contributed by atoms with van der Waals surface area (Å²) in [6.07, 6.45) is 0.941. The fourth-order valence-electron chi connectivity index (χ4n) is 2.02. The SMILES string of the molecule is O=C(Nc1nnc(SCCc2ccccc2)s1)c1cccc(F)c1. The van der Waals surface area contributed by atoms with Crippen molar-refractivity contribution < 1.29 is 9.18 Å². The molecule has 0 aliphatic heterocycles. The molecule has 2 aromatic carbocycles. The van der Waals surface area contributed by atoms with Crippen LogP contribution in [0.2, 0.25) is 0 Å². The van der Waals surface area contributed by atoms with Crippen LogP contribution >= 0.6 is 23.1 Å². The largest absolute Gasteiger partial charge is 0.296 e. The lowest BCUT2D eigenvalue weighted by molar-refractivity contribution is 0.102. The maximum atomic E-state index is 13.1. The van der Waals surface area contributed by atoms with Gasteiger partial charge in [-0.3, -0.25) is 10.1 Å². The number of nitrogens with zero attached hydrogens (tertiary/aromatic N) is 2. The van der Waals surface area contributed by atoms with Crippen LogP contribution in [0.1, 0.15) is 15.9 Å². The van der Waals surface area contributed by atoms with Crippen LogP contribution in [0, 0.1) is 5.82 Å². The Labute approximate surface area is 147 Å². The maximum Gasteiger partial charge on any atom is 0.257 e. The number of hydrogen-bond donors (Lipinski definition) is 1. The van der Waals surface area contributed by atoms with Gasteiger partial charge in [0, 0.05) is 11.3 Å². The van der Waals surface area contributed by atoms with Crippen molar-refractivity contribution in [1.29, 1.82) is 0 Å². The van der Waals surface area contributed by atoms with Gasteiger partial charge in [0.15, 0.2) is 4.34 Å². The smallest absolute Gasteiger partial charge is 0.257 e. The van der Waals surface area contributed by atoms with Crippen LogP contribution in [0.25, 0.3) is 0 Å². The summed E-state index contributed by atoms with van der Waals surface area (Å²) in [6, 6.07) is 15.7. The molecule has 1 heterocycles. The third kappa shape index (κ3) is 4.62. The summed E-state index contributed by atoms with van der Waals surface area (Å²) in [4.78, 5) is 12.0. The Kier molecular flexibility index (Phi) is 5.55. The molecule has 1 amide bonds. The third-order valence-corrected chi connectivity index (χ3v) is 5.15. The van der Waals surface area contributed by atoms with Crippen LogP contribution in [0.5, 0.6) is 0 Å². The summed E-state index contributed by atoms with van der Waals surface area (Å²) in [7, 11) is 0. The van der Waals surface area contributed by atoms with Crippen molar-refractivity contribution >= 4 is 34.1 Å². The number of hydrogen-bond acceptors (Lipinski definition) is 5. The van der Waals surface area contributed by atoms with Gasteiger partial charge in [-0.25, -0.2) is 4.39 Å². The zero-order valence-corrected chi connectivity index (χ0v) is 14.2. The molecular weight excluding hydrogens is 345 g/mol. The number of aromatic nitrogens is 2. The van der Waals surface area contributed by atoms with Crippen molar-refractivity contribution in [2.45, 2.75) is 10.8 Å². The molecule has 7 heteroatoms. The molecule has 24 heavy (non-hydrogen) atoms. The predicted molar refractivity (Wildman–Crippen MR) is 95.1 cm³/mol. The van der Waals surface area contributed by atoms with E-state index in [9.17, 15) is 9.18 Å². The number of aryl methyl sites for hydroxylation is 1. The standard InChI is InChI=1S/C17H14FN3OS2/c18-14-8-4-7-13(11-14)15(22)19-16-20-21-17(24-16)23-10-9-12-5-2-1-3-6-12/h1-8,11H,9-10H2,(H,19,20,22). The van der Waals surface area contributed by atoms with E-state index in [0.29, 0.717) is 5.13 Å². The van der Waals surface area contributed by atoms with Crippen molar-refractivity contribution in [2.24, 2.45) is 0 Å². The average molecular weight is 359 g/mol. The summed E-state index contributed by atoms with van der Waals surface area (Å²) < 4.78 is 13.9. The predicted octanol–water partition coefficient (Wildman–Crippen LogP) is 4.26. The molecule has 1 N–H and O–H groups in total. The zero-order chi connectivity index (χ0) is 16.8. The van der Waals surface area contributed by atoms with E-state index in [-0.39, 0.29) is 5.56 Å². The first-order valence-electron chi connectivity index (χ1n) is 7.28. The molecule has 4 nitrogen and oxygen atoms in total. The fourth-order valence-corrected chi connectivity index (χ4v) is 3.82. The lowest BCUT2D eigenvalue weighted by Gasteiger charge is -2.00. The van der Waals surface area contributed by atoms with E-state index in [1.807, 2.05) is 18.2 Å². The van der Waals surface area contributed by atoms with Gasteiger partial charge < -0.3 is 0 Å². The van der Waals surface area contributed by atoms with E-state index >= 15 is 0 Å². The molecule has 0 bridgehead atoms. The zero-order valence-electron chi connectivity index (χ0n) is 12.6. The summed E-state index contributed by atoms with van der Waals surface area (Å²) in [5.74, 6) is 0.0415. The number of carbonyl (C=O) groups is 1. The van der Waals surface area contributed by atoms with Crippen LogP contribution < -0.4 is 5.32 Å². The minimum absolute atomic E-state index is 0.253. The fraction of sp³-hybridized carbons (Fsp3) is 0.118. The van der Waals surface area contributed by atoms with Gasteiger partial charge in [0.1, 0.15) is 5.82 Å². The molecule has 0 aliphatic carbocycles. The van der Waals surface area contributed by atoms with Gasteiger partial charge in [-0.2, -0.15) is 0 Å². The Balaban J connectivity index is 1.53. The highest BCUT2D eigenvalue weighted by atomic mass is 32.2. The Hall–Kier alpha value is -2.25. The molecule has 1 aromatic heterocycles. The van der Waals surface area contributed by atoms with Crippen LogP contribution in [0.4, 0.5) is 9.52 Å². The Morgan fingerprint density at radius 3 is 2.75 bits per heavy atom. The first kappa shape index (κ1) is 16.6. The van der Waals surface area contributed by atoms with Crippen LogP contribution in [0.3, 0.4) is 0 Å². The number of carbonyl (C=O) groups excluding carboxylic acids is 1. The molecular formula is C17H14FN3OS2. The highest BCUT2D eigenvalue weighted by Gasteiger charge is 2.11. The van der Waals surface area contributed by atoms with Crippen molar-refractivity contribution in [3.63, 3.8) is 0 Å². The molecule has 3 rings (SSSR count). The Morgan fingerprint density at radius 1 is 1.12 bits per heavy atom. The first-order valence-corrected chi connectivity index (χ1v) is 9.08. The van der Waals surface area contributed by atoms with Crippen LogP contribution in [-0.2, 0) is 6.42 Å². The second-order valence-electron chi connectivity index (χ2n) is 4.92. The van der Waals surface area contributed by atoms with E-state index in [1.165, 1.54) is 35.1 Å². The van der Waals surface area contributed by atoms with Crippen molar-refractivity contribution in [2.75, 3.05) is 11.1 Å². The van der Waals surface area contributed by atoms with E-state index in [1.54, 1.807) is 17.8 Å². The van der Waals surface area contributed by atoms with E-state index in [4.69, 9.17) is 0 Å². The van der Waals surface area contributed by atoms with Crippen LogP contribution in [-0.4, -0.2) is 21.9 Å². The lowest BCUT2D eigenvalue weighted by Crippen LogP contribution is -2.11. The van der Waals surface area contributed by atoms with Gasteiger partial charge in [0.2, 0.25) is 5.13 Å². The number of anilines is 1. The molecule has 0 spiro atoms. The van der Waals surface area contributed by atoms with Crippen molar-refractivity contribution in [3.05, 3.63) is 71.5 Å². The topological polar surface area (TPSA) is 54.9 Å². The van der Waals surface area contributed by atoms with E-state index in [0.717, 1.165) is 16.5 Å². The van der Waals surface area contributed by atoms with Crippen molar-refractivity contribution in [3.8, 4) is 0 Å². The van der Waals surface area contributed by atoms with Crippen molar-refractivity contribution in [1.82, 2.24) is 10.2 Å². The second-order valence-corrected chi connectivity index (χ2v) is 7.24. The maximum absolute atomic E-state index is 13.1. The van der Waals surface area contributed by atoms with E-state index < -0.39 is 11.7 Å². The molecule has 0 saturated heterocycles. The average Bonchev–Trinajstić information content (AvgIpc) is 3.03. The minimum Gasteiger partial charge on any atom is -0.296 e. The molecule has 0 saturated carbocycles. The van der Waals surface area contributed by atoms with Gasteiger partial charge in [-0.15, -0.1) is 10.2 Å². The molecule has 0 atom stereocenters. The molecule has 0 unspecified atom stereocenters. The number of benzene rings is 2. The summed E-state index contributed by atoms with van der Waals surface area (Å²) in [5, 5.41) is 11.1. The number of halogens is 1. The van der Waals surface area contributed by atoms with Gasteiger partial charge in [0.05, 0.1) is 0 Å². The third-order valence-electron chi connectivity index (χ3n) is 3.17. The summed E-state index contributed by atoms with van der Waals surface area (Å²) in [6.45, 7) is 0. The number of nitrogens with one attached hydrogen (secondary N) is 1. The molecule has 122 valence electrons. The van der Waals surface area contributed by atoms with Crippen LogP contribution in [0.15, 0.2) is 58.9 Å². The first-order chi connectivity index (χ1) is 11.7. The summed E-state index contributed by atoms with van der Waals surface area (Å²) in [5.41, 5.74) is 1.53. The normalized spacial score (nSPS) is 10.5. The summed E-state index contributed by atoms with van der Waals surface area (Å²) >= 11 is 2.91. The number of rotatable bonds is 6. The molecule has 0 radical (unpaired) electrons. The van der Waals surface area contributed by atoms with E-state index in [2.05, 4.69) is 27.6 Å². The molecule has 0 fully saturated rings. The van der Waals surface area contributed by atoms with Gasteiger partial charge in [0.25, 0.3) is 5.91 Å².